The minimum Gasteiger partial charge on any atom is -0.395 e. The number of Topliss-reactive ketones (excluding diaryl/α,β-unsaturated/α-hetero) is 1. The molecule has 4 fully saturated rings. The second kappa shape index (κ2) is 4.56. The molecule has 1 aromatic rings. The van der Waals surface area contributed by atoms with Crippen molar-refractivity contribution in [3.63, 3.8) is 0 Å². The van der Waals surface area contributed by atoms with Crippen LogP contribution in [0.1, 0.15) is 19.3 Å². The van der Waals surface area contributed by atoms with Crippen molar-refractivity contribution in [1.82, 2.24) is 0 Å². The van der Waals surface area contributed by atoms with Gasteiger partial charge in [-0.15, -0.1) is 8.78 Å². The molecule has 2 amide bonds. The second-order valence-corrected chi connectivity index (χ2v) is 6.98. The van der Waals surface area contributed by atoms with Gasteiger partial charge in [0.05, 0.1) is 17.5 Å². The summed E-state index contributed by atoms with van der Waals surface area (Å²) in [6, 6.07) is 3.82. The Bertz CT molecular complexity index is 838. The molecule has 3 aliphatic carbocycles. The molecule has 6 rings (SSSR count). The summed E-state index contributed by atoms with van der Waals surface area (Å²) in [5.41, 5.74) is 0.163. The molecule has 130 valence electrons. The van der Waals surface area contributed by atoms with Gasteiger partial charge in [0.1, 0.15) is 5.78 Å². The molecule has 4 atom stereocenters. The predicted octanol–water partition coefficient (Wildman–Crippen LogP) is 2.11. The molecular formula is C17H13F2NO5. The van der Waals surface area contributed by atoms with Crippen LogP contribution in [0.15, 0.2) is 18.2 Å². The highest BCUT2D eigenvalue weighted by Crippen LogP contribution is 2.53. The Labute approximate surface area is 140 Å². The number of fused-ring (bicyclic) bond motifs is 3. The molecule has 0 spiro atoms. The molecule has 5 aliphatic rings. The largest absolute Gasteiger partial charge is 0.586 e. The highest BCUT2D eigenvalue weighted by molar-refractivity contribution is 6.23. The number of ketones is 1. The first kappa shape index (κ1) is 14.8. The zero-order valence-corrected chi connectivity index (χ0v) is 12.9. The summed E-state index contributed by atoms with van der Waals surface area (Å²) in [4.78, 5) is 38.8. The molecule has 2 heterocycles. The molecule has 1 saturated heterocycles. The van der Waals surface area contributed by atoms with Crippen molar-refractivity contribution in [1.29, 1.82) is 0 Å². The maximum Gasteiger partial charge on any atom is 0.586 e. The fraction of sp³-hybridized carbons (Fsp3) is 0.471. The number of alkyl halides is 2. The molecule has 8 heteroatoms. The fourth-order valence-corrected chi connectivity index (χ4v) is 4.72. The predicted molar refractivity (Wildman–Crippen MR) is 78.0 cm³/mol. The summed E-state index contributed by atoms with van der Waals surface area (Å²) in [6.45, 7) is 0. The van der Waals surface area contributed by atoms with Crippen molar-refractivity contribution in [2.45, 2.75) is 25.6 Å². The van der Waals surface area contributed by atoms with Crippen molar-refractivity contribution in [3.05, 3.63) is 18.2 Å². The first-order valence-corrected chi connectivity index (χ1v) is 8.16. The number of hydrogen-bond acceptors (Lipinski definition) is 5. The summed E-state index contributed by atoms with van der Waals surface area (Å²) in [6.07, 6.45) is -2.03. The molecule has 25 heavy (non-hydrogen) atoms. The number of halogens is 2. The van der Waals surface area contributed by atoms with Crippen LogP contribution in [0, 0.1) is 23.7 Å². The Balaban J connectivity index is 1.53. The van der Waals surface area contributed by atoms with Gasteiger partial charge in [-0.25, -0.2) is 4.90 Å². The van der Waals surface area contributed by atoms with Gasteiger partial charge in [-0.1, -0.05) is 0 Å². The summed E-state index contributed by atoms with van der Waals surface area (Å²) in [5, 5.41) is 0. The average molecular weight is 349 g/mol. The molecule has 0 aromatic heterocycles. The van der Waals surface area contributed by atoms with Crippen molar-refractivity contribution in [2.75, 3.05) is 4.90 Å². The summed E-state index contributed by atoms with van der Waals surface area (Å²) in [5.74, 6) is -2.75. The maximum absolute atomic E-state index is 13.2. The van der Waals surface area contributed by atoms with Crippen LogP contribution in [0.3, 0.4) is 0 Å². The number of carbonyl (C=O) groups excluding carboxylic acids is 3. The van der Waals surface area contributed by atoms with Gasteiger partial charge < -0.3 is 9.47 Å². The monoisotopic (exact) mass is 349 g/mol. The van der Waals surface area contributed by atoms with Crippen LogP contribution in [-0.2, 0) is 14.4 Å². The number of anilines is 1. The van der Waals surface area contributed by atoms with Crippen LogP contribution in [0.4, 0.5) is 14.5 Å². The van der Waals surface area contributed by atoms with Crippen LogP contribution in [0.5, 0.6) is 11.5 Å². The SMILES string of the molecule is O=C1C[C@H]2CC[C@@H]1[C@H]1C(=O)N(c3ccc4c(c3)OC(F)(F)O4)C(=O)[C@@H]21. The van der Waals surface area contributed by atoms with Gasteiger partial charge in [0.15, 0.2) is 11.5 Å². The van der Waals surface area contributed by atoms with Gasteiger partial charge in [0.25, 0.3) is 0 Å². The van der Waals surface area contributed by atoms with E-state index in [0.29, 0.717) is 12.8 Å². The van der Waals surface area contributed by atoms with Crippen LogP contribution in [-0.4, -0.2) is 23.9 Å². The third-order valence-electron chi connectivity index (χ3n) is 5.71. The van der Waals surface area contributed by atoms with Crippen LogP contribution < -0.4 is 14.4 Å². The quantitative estimate of drug-likeness (QED) is 0.726. The van der Waals surface area contributed by atoms with E-state index >= 15 is 0 Å². The zero-order chi connectivity index (χ0) is 17.5. The van der Waals surface area contributed by atoms with Crippen molar-refractivity contribution in [2.24, 2.45) is 23.7 Å². The van der Waals surface area contributed by atoms with Gasteiger partial charge in [-0.3, -0.25) is 14.4 Å². The van der Waals surface area contributed by atoms with E-state index in [0.717, 1.165) is 11.3 Å². The average Bonchev–Trinajstić information content (AvgIpc) is 3.01. The molecule has 0 unspecified atom stereocenters. The Hall–Kier alpha value is -2.51. The normalized spacial score (nSPS) is 34.6. The Morgan fingerprint density at radius 3 is 2.48 bits per heavy atom. The van der Waals surface area contributed by atoms with Crippen LogP contribution >= 0.6 is 0 Å². The minimum absolute atomic E-state index is 0.0471. The standard InChI is InChI=1S/C17H13F2NO5/c18-17(19)24-11-4-2-8(6-12(11)25-17)20-15(22)13-7-1-3-9(10(21)5-7)14(13)16(20)23/h2,4,6-7,9,13-14H,1,3,5H2/t7-,9+,13+,14-/m1/s1. The lowest BCUT2D eigenvalue weighted by atomic mass is 9.59. The van der Waals surface area contributed by atoms with Crippen molar-refractivity contribution < 1.29 is 32.6 Å². The summed E-state index contributed by atoms with van der Waals surface area (Å²) in [7, 11) is 0. The van der Waals surface area contributed by atoms with E-state index in [4.69, 9.17) is 0 Å². The minimum atomic E-state index is -3.76. The smallest absolute Gasteiger partial charge is 0.395 e. The fourth-order valence-electron chi connectivity index (χ4n) is 4.72. The maximum atomic E-state index is 13.2. The Kier molecular flexibility index (Phi) is 2.70. The second-order valence-electron chi connectivity index (χ2n) is 6.98. The number of carbonyl (C=O) groups is 3. The molecule has 0 radical (unpaired) electrons. The topological polar surface area (TPSA) is 72.9 Å². The van der Waals surface area contributed by atoms with E-state index < -0.39 is 30.0 Å². The molecule has 1 aromatic carbocycles. The first-order chi connectivity index (χ1) is 11.9. The number of amides is 2. The van der Waals surface area contributed by atoms with Gasteiger partial charge >= 0.3 is 6.29 Å². The lowest BCUT2D eigenvalue weighted by molar-refractivity contribution is -0.286. The van der Waals surface area contributed by atoms with E-state index in [9.17, 15) is 23.2 Å². The number of ether oxygens (including phenoxy) is 2. The molecular weight excluding hydrogens is 336 g/mol. The van der Waals surface area contributed by atoms with Gasteiger partial charge in [0.2, 0.25) is 11.8 Å². The lowest BCUT2D eigenvalue weighted by Gasteiger charge is -2.41. The highest BCUT2D eigenvalue weighted by Gasteiger charge is 2.61. The molecule has 6 nitrogen and oxygen atoms in total. The van der Waals surface area contributed by atoms with Gasteiger partial charge in [-0.05, 0) is 30.9 Å². The zero-order valence-electron chi connectivity index (χ0n) is 12.9. The van der Waals surface area contributed by atoms with E-state index in [2.05, 4.69) is 9.47 Å². The molecule has 3 saturated carbocycles. The van der Waals surface area contributed by atoms with E-state index in [1.807, 2.05) is 0 Å². The van der Waals surface area contributed by atoms with E-state index in [1.165, 1.54) is 18.2 Å². The van der Waals surface area contributed by atoms with E-state index in [1.54, 1.807) is 0 Å². The van der Waals surface area contributed by atoms with E-state index in [-0.39, 0.29) is 34.8 Å². The van der Waals surface area contributed by atoms with Crippen molar-refractivity contribution >= 4 is 23.3 Å². The highest BCUT2D eigenvalue weighted by atomic mass is 19.3. The van der Waals surface area contributed by atoms with Gasteiger partial charge in [0, 0.05) is 18.4 Å². The van der Waals surface area contributed by atoms with Crippen LogP contribution in [0.25, 0.3) is 0 Å². The summed E-state index contributed by atoms with van der Waals surface area (Å²) < 4.78 is 35.1. The number of hydrogen-bond donors (Lipinski definition) is 0. The third kappa shape index (κ3) is 1.90. The summed E-state index contributed by atoms with van der Waals surface area (Å²) >= 11 is 0. The molecule has 0 N–H and O–H groups in total. The third-order valence-corrected chi connectivity index (χ3v) is 5.71. The van der Waals surface area contributed by atoms with Gasteiger partial charge in [-0.2, -0.15) is 0 Å². The molecule has 2 bridgehead atoms. The molecule has 2 aliphatic heterocycles. The number of rotatable bonds is 1. The number of benzene rings is 1. The van der Waals surface area contributed by atoms with Crippen LogP contribution in [0.2, 0.25) is 0 Å². The lowest BCUT2D eigenvalue weighted by Crippen LogP contribution is -2.46. The Morgan fingerprint density at radius 1 is 1.00 bits per heavy atom. The first-order valence-electron chi connectivity index (χ1n) is 8.16. The number of imide groups is 1. The van der Waals surface area contributed by atoms with Crippen molar-refractivity contribution in [3.8, 4) is 11.5 Å². The number of nitrogens with zero attached hydrogens (tertiary/aromatic N) is 1. The Morgan fingerprint density at radius 2 is 1.72 bits per heavy atom.